The molecule has 0 bridgehead atoms. The van der Waals surface area contributed by atoms with E-state index >= 15 is 0 Å². The maximum absolute atomic E-state index is 13.1. The summed E-state index contributed by atoms with van der Waals surface area (Å²) in [6.45, 7) is 1.02. The summed E-state index contributed by atoms with van der Waals surface area (Å²) < 4.78 is 18.4. The van der Waals surface area contributed by atoms with Crippen LogP contribution in [0.2, 0.25) is 0 Å². The van der Waals surface area contributed by atoms with Crippen LogP contribution in [-0.4, -0.2) is 47.0 Å². The van der Waals surface area contributed by atoms with E-state index in [4.69, 9.17) is 4.52 Å². The number of hydrogen-bond donors (Lipinski definition) is 1. The molecule has 0 saturated carbocycles. The summed E-state index contributed by atoms with van der Waals surface area (Å²) in [4.78, 5) is 30.8. The molecule has 0 saturated heterocycles. The normalized spacial score (nSPS) is 13.3. The van der Waals surface area contributed by atoms with Crippen molar-refractivity contribution in [3.63, 3.8) is 0 Å². The van der Waals surface area contributed by atoms with E-state index in [1.54, 1.807) is 31.3 Å². The molecule has 182 valence electrons. The summed E-state index contributed by atoms with van der Waals surface area (Å²) in [6, 6.07) is 12.5. The van der Waals surface area contributed by atoms with E-state index in [2.05, 4.69) is 21.5 Å². The molecule has 35 heavy (non-hydrogen) atoms. The molecule has 1 aliphatic rings. The molecule has 3 aromatic rings. The van der Waals surface area contributed by atoms with Gasteiger partial charge in [-0.1, -0.05) is 16.8 Å². The SMILES string of the molecule is CN(CCc1noc(-c2ccc(C(=O)NCCC3=CCCCC3)cc2)n1)C(=O)c1ccc(F)cc1. The number of rotatable bonds is 9. The highest BCUT2D eigenvalue weighted by atomic mass is 19.1. The van der Waals surface area contributed by atoms with Gasteiger partial charge in [0.25, 0.3) is 17.7 Å². The van der Waals surface area contributed by atoms with E-state index in [0.717, 1.165) is 19.3 Å². The number of amides is 2. The molecule has 1 aliphatic carbocycles. The third-order valence-corrected chi connectivity index (χ3v) is 6.09. The minimum atomic E-state index is -0.385. The Hall–Kier alpha value is -3.81. The average molecular weight is 477 g/mol. The highest BCUT2D eigenvalue weighted by Crippen LogP contribution is 2.20. The lowest BCUT2D eigenvalue weighted by Crippen LogP contribution is -2.29. The smallest absolute Gasteiger partial charge is 0.257 e. The molecule has 0 atom stereocenters. The van der Waals surface area contributed by atoms with Gasteiger partial charge in [0.15, 0.2) is 5.82 Å². The first kappa shape index (κ1) is 24.3. The molecule has 1 aromatic heterocycles. The summed E-state index contributed by atoms with van der Waals surface area (Å²) in [5, 5.41) is 6.97. The minimum absolute atomic E-state index is 0.104. The number of carbonyl (C=O) groups excluding carboxylic acids is 2. The molecular formula is C27H29FN4O3. The van der Waals surface area contributed by atoms with E-state index < -0.39 is 0 Å². The van der Waals surface area contributed by atoms with Gasteiger partial charge < -0.3 is 14.7 Å². The fourth-order valence-corrected chi connectivity index (χ4v) is 3.99. The average Bonchev–Trinajstić information content (AvgIpc) is 3.37. The van der Waals surface area contributed by atoms with Crippen molar-refractivity contribution in [2.45, 2.75) is 38.5 Å². The van der Waals surface area contributed by atoms with Crippen molar-refractivity contribution in [3.05, 3.63) is 82.9 Å². The minimum Gasteiger partial charge on any atom is -0.352 e. The first-order valence-electron chi connectivity index (χ1n) is 11.9. The van der Waals surface area contributed by atoms with Crippen molar-refractivity contribution in [1.29, 1.82) is 0 Å². The molecule has 1 heterocycles. The molecule has 0 aliphatic heterocycles. The molecule has 4 rings (SSSR count). The molecule has 2 aromatic carbocycles. The van der Waals surface area contributed by atoms with Gasteiger partial charge in [-0.15, -0.1) is 0 Å². The van der Waals surface area contributed by atoms with Crippen molar-refractivity contribution in [2.75, 3.05) is 20.1 Å². The van der Waals surface area contributed by atoms with Crippen LogP contribution in [-0.2, 0) is 6.42 Å². The lowest BCUT2D eigenvalue weighted by atomic mass is 9.97. The van der Waals surface area contributed by atoms with Gasteiger partial charge >= 0.3 is 0 Å². The first-order valence-corrected chi connectivity index (χ1v) is 11.9. The van der Waals surface area contributed by atoms with Gasteiger partial charge in [-0.3, -0.25) is 9.59 Å². The second-order valence-electron chi connectivity index (χ2n) is 8.69. The maximum atomic E-state index is 13.1. The summed E-state index contributed by atoms with van der Waals surface area (Å²) in [5.74, 6) is 0.122. The molecule has 0 radical (unpaired) electrons. The fourth-order valence-electron chi connectivity index (χ4n) is 3.99. The van der Waals surface area contributed by atoms with Crippen molar-refractivity contribution in [2.24, 2.45) is 0 Å². The number of allylic oxidation sites excluding steroid dienone is 1. The Labute approximate surface area is 204 Å². The monoisotopic (exact) mass is 476 g/mol. The quantitative estimate of drug-likeness (QED) is 0.448. The van der Waals surface area contributed by atoms with Gasteiger partial charge in [0.1, 0.15) is 5.82 Å². The predicted molar refractivity (Wildman–Crippen MR) is 130 cm³/mol. The highest BCUT2D eigenvalue weighted by molar-refractivity contribution is 5.94. The summed E-state index contributed by atoms with van der Waals surface area (Å²) >= 11 is 0. The van der Waals surface area contributed by atoms with Gasteiger partial charge in [-0.25, -0.2) is 4.39 Å². The number of aromatic nitrogens is 2. The van der Waals surface area contributed by atoms with Crippen LogP contribution >= 0.6 is 0 Å². The van der Waals surface area contributed by atoms with Crippen molar-refractivity contribution >= 4 is 11.8 Å². The summed E-state index contributed by atoms with van der Waals surface area (Å²) in [7, 11) is 1.67. The fraction of sp³-hybridized carbons (Fsp3) is 0.333. The lowest BCUT2D eigenvalue weighted by molar-refractivity contribution is 0.0795. The second kappa shape index (κ2) is 11.6. The Morgan fingerprint density at radius 3 is 2.49 bits per heavy atom. The molecule has 2 amide bonds. The first-order chi connectivity index (χ1) is 17.0. The number of benzene rings is 2. The Morgan fingerprint density at radius 2 is 1.77 bits per heavy atom. The number of nitrogens with one attached hydrogen (secondary N) is 1. The summed E-state index contributed by atoms with van der Waals surface area (Å²) in [6.07, 6.45) is 8.39. The van der Waals surface area contributed by atoms with Crippen LogP contribution in [0.5, 0.6) is 0 Å². The third kappa shape index (κ3) is 6.62. The van der Waals surface area contributed by atoms with Crippen LogP contribution in [0.1, 0.15) is 58.6 Å². The largest absolute Gasteiger partial charge is 0.352 e. The zero-order valence-electron chi connectivity index (χ0n) is 19.8. The van der Waals surface area contributed by atoms with Gasteiger partial charge in [0, 0.05) is 43.2 Å². The third-order valence-electron chi connectivity index (χ3n) is 6.09. The molecule has 0 unspecified atom stereocenters. The number of likely N-dealkylation sites (N-methyl/N-ethyl adjacent to an activating group) is 1. The Morgan fingerprint density at radius 1 is 1.03 bits per heavy atom. The molecule has 0 fully saturated rings. The number of nitrogens with zero attached hydrogens (tertiary/aromatic N) is 3. The predicted octanol–water partition coefficient (Wildman–Crippen LogP) is 4.81. The zero-order valence-corrected chi connectivity index (χ0v) is 19.8. The number of halogens is 1. The molecule has 8 heteroatoms. The number of hydrogen-bond acceptors (Lipinski definition) is 5. The van der Waals surface area contributed by atoms with Crippen molar-refractivity contribution in [1.82, 2.24) is 20.4 Å². The van der Waals surface area contributed by atoms with E-state index in [9.17, 15) is 14.0 Å². The Balaban J connectivity index is 1.27. The van der Waals surface area contributed by atoms with Gasteiger partial charge in [0.05, 0.1) is 0 Å². The number of carbonyl (C=O) groups is 2. The highest BCUT2D eigenvalue weighted by Gasteiger charge is 2.15. The standard InChI is InChI=1S/C27H29FN4O3/c1-32(27(34)22-11-13-23(28)14-12-22)18-16-24-30-26(35-31-24)21-9-7-20(8-10-21)25(33)29-17-15-19-5-3-2-4-6-19/h5,7-14H,2-4,6,15-18H2,1H3,(H,29,33). The van der Waals surface area contributed by atoms with E-state index in [1.807, 2.05) is 0 Å². The summed E-state index contributed by atoms with van der Waals surface area (Å²) in [5.41, 5.74) is 3.14. The zero-order chi connectivity index (χ0) is 24.6. The van der Waals surface area contributed by atoms with Crippen LogP contribution in [0.4, 0.5) is 4.39 Å². The van der Waals surface area contributed by atoms with Gasteiger partial charge in [0.2, 0.25) is 0 Å². The molecule has 1 N–H and O–H groups in total. The van der Waals surface area contributed by atoms with E-state index in [1.165, 1.54) is 47.6 Å². The Kier molecular flexibility index (Phi) is 8.03. The van der Waals surface area contributed by atoms with Crippen LogP contribution in [0.25, 0.3) is 11.5 Å². The van der Waals surface area contributed by atoms with Gasteiger partial charge in [-0.2, -0.15) is 4.98 Å². The maximum Gasteiger partial charge on any atom is 0.257 e. The van der Waals surface area contributed by atoms with Crippen LogP contribution in [0.15, 0.2) is 64.7 Å². The Bertz CT molecular complexity index is 1190. The lowest BCUT2D eigenvalue weighted by Gasteiger charge is -2.16. The van der Waals surface area contributed by atoms with Crippen LogP contribution < -0.4 is 5.32 Å². The van der Waals surface area contributed by atoms with E-state index in [0.29, 0.717) is 47.9 Å². The van der Waals surface area contributed by atoms with E-state index in [-0.39, 0.29) is 17.6 Å². The molecule has 0 spiro atoms. The van der Waals surface area contributed by atoms with Gasteiger partial charge in [-0.05, 0) is 80.6 Å². The molecule has 7 nitrogen and oxygen atoms in total. The second-order valence-corrected chi connectivity index (χ2v) is 8.69. The van der Waals surface area contributed by atoms with Crippen molar-refractivity contribution in [3.8, 4) is 11.5 Å². The topological polar surface area (TPSA) is 88.3 Å². The van der Waals surface area contributed by atoms with Crippen molar-refractivity contribution < 1.29 is 18.5 Å². The van der Waals surface area contributed by atoms with Crippen LogP contribution in [0.3, 0.4) is 0 Å². The molecular weight excluding hydrogens is 447 g/mol. The van der Waals surface area contributed by atoms with Crippen LogP contribution in [0, 0.1) is 5.82 Å².